The number of hydrogen-bond donors (Lipinski definition) is 0. The van der Waals surface area contributed by atoms with E-state index in [1.807, 2.05) is 13.0 Å². The van der Waals surface area contributed by atoms with Crippen LogP contribution in [0.4, 0.5) is 0 Å². The molecule has 0 radical (unpaired) electrons. The van der Waals surface area contributed by atoms with Gasteiger partial charge in [0.25, 0.3) is 0 Å². The first kappa shape index (κ1) is 14.3. The van der Waals surface area contributed by atoms with Gasteiger partial charge in [0.05, 0.1) is 23.6 Å². The van der Waals surface area contributed by atoms with Crippen LogP contribution in [0.5, 0.6) is 0 Å². The lowest BCUT2D eigenvalue weighted by atomic mass is 10.0. The van der Waals surface area contributed by atoms with Crippen molar-refractivity contribution in [2.45, 2.75) is 27.7 Å². The summed E-state index contributed by atoms with van der Waals surface area (Å²) in [7, 11) is 0. The van der Waals surface area contributed by atoms with E-state index in [-0.39, 0.29) is 5.97 Å². The van der Waals surface area contributed by atoms with Gasteiger partial charge in [0.15, 0.2) is 0 Å². The average molecular weight is 269 g/mol. The van der Waals surface area contributed by atoms with Crippen molar-refractivity contribution in [2.24, 2.45) is 0 Å². The van der Waals surface area contributed by atoms with E-state index in [1.54, 1.807) is 13.0 Å². The molecule has 0 saturated carbocycles. The fourth-order valence-corrected chi connectivity index (χ4v) is 2.27. The lowest BCUT2D eigenvalue weighted by Crippen LogP contribution is -2.08. The number of hydrogen-bond acceptors (Lipinski definition) is 3. The van der Waals surface area contributed by atoms with Crippen LogP contribution >= 0.6 is 0 Å². The molecule has 1 aromatic carbocycles. The van der Waals surface area contributed by atoms with Gasteiger partial charge in [0.1, 0.15) is 0 Å². The molecule has 2 rings (SSSR count). The number of carbonyl (C=O) groups is 1. The van der Waals surface area contributed by atoms with Crippen LogP contribution in [0.1, 0.15) is 34.1 Å². The number of aryl methyl sites for hydroxylation is 3. The van der Waals surface area contributed by atoms with Crippen LogP contribution in [0, 0.1) is 20.8 Å². The van der Waals surface area contributed by atoms with E-state index in [1.165, 1.54) is 11.1 Å². The van der Waals surface area contributed by atoms with Gasteiger partial charge in [-0.1, -0.05) is 17.2 Å². The summed E-state index contributed by atoms with van der Waals surface area (Å²) in [5, 5.41) is 0. The van der Waals surface area contributed by atoms with Crippen LogP contribution in [0.15, 0.2) is 30.3 Å². The number of pyridine rings is 1. The summed E-state index contributed by atoms with van der Waals surface area (Å²) in [6.07, 6.45) is 0. The van der Waals surface area contributed by atoms with Crippen molar-refractivity contribution >= 4 is 5.97 Å². The Morgan fingerprint density at radius 1 is 1.10 bits per heavy atom. The highest BCUT2D eigenvalue weighted by atomic mass is 16.5. The van der Waals surface area contributed by atoms with Crippen molar-refractivity contribution < 1.29 is 9.53 Å². The molecule has 0 bridgehead atoms. The molecule has 0 unspecified atom stereocenters. The van der Waals surface area contributed by atoms with E-state index < -0.39 is 0 Å². The Morgan fingerprint density at radius 2 is 1.75 bits per heavy atom. The Balaban J connectivity index is 2.40. The molecule has 2 aromatic rings. The quantitative estimate of drug-likeness (QED) is 0.794. The summed E-state index contributed by atoms with van der Waals surface area (Å²) < 4.78 is 5.01. The fourth-order valence-electron chi connectivity index (χ4n) is 2.27. The Morgan fingerprint density at radius 3 is 2.30 bits per heavy atom. The van der Waals surface area contributed by atoms with E-state index in [0.29, 0.717) is 17.9 Å². The highest BCUT2D eigenvalue weighted by Gasteiger charge is 2.12. The van der Waals surface area contributed by atoms with Crippen molar-refractivity contribution in [1.29, 1.82) is 0 Å². The SMILES string of the molecule is CCOC(=O)c1ccc(-c2cc(C)cc(C)c2)nc1C. The minimum absolute atomic E-state index is 0.315. The summed E-state index contributed by atoms with van der Waals surface area (Å²) in [4.78, 5) is 16.3. The summed E-state index contributed by atoms with van der Waals surface area (Å²) in [6.45, 7) is 8.13. The number of carbonyl (C=O) groups excluding carboxylic acids is 1. The minimum atomic E-state index is -0.315. The first-order chi connectivity index (χ1) is 9.51. The molecule has 1 heterocycles. The number of esters is 1. The van der Waals surface area contributed by atoms with Gasteiger partial charge in [0, 0.05) is 5.56 Å². The lowest BCUT2D eigenvalue weighted by Gasteiger charge is -2.08. The Kier molecular flexibility index (Phi) is 4.18. The van der Waals surface area contributed by atoms with Crippen molar-refractivity contribution in [1.82, 2.24) is 4.98 Å². The molecule has 0 N–H and O–H groups in total. The number of aromatic nitrogens is 1. The summed E-state index contributed by atoms with van der Waals surface area (Å²) in [6, 6.07) is 9.97. The molecule has 0 fully saturated rings. The van der Waals surface area contributed by atoms with Crippen molar-refractivity contribution in [3.8, 4) is 11.3 Å². The van der Waals surface area contributed by atoms with Crippen molar-refractivity contribution in [3.05, 3.63) is 52.7 Å². The standard InChI is InChI=1S/C17H19NO2/c1-5-20-17(19)15-6-7-16(18-13(15)4)14-9-11(2)8-12(3)10-14/h6-10H,5H2,1-4H3. The van der Waals surface area contributed by atoms with Gasteiger partial charge in [-0.3, -0.25) is 4.98 Å². The molecule has 0 atom stereocenters. The van der Waals surface area contributed by atoms with Gasteiger partial charge in [-0.15, -0.1) is 0 Å². The van der Waals surface area contributed by atoms with Crippen molar-refractivity contribution in [2.75, 3.05) is 6.61 Å². The number of benzene rings is 1. The Hall–Kier alpha value is -2.16. The Labute approximate surface area is 119 Å². The average Bonchev–Trinajstić information content (AvgIpc) is 2.37. The van der Waals surface area contributed by atoms with E-state index in [2.05, 4.69) is 37.0 Å². The lowest BCUT2D eigenvalue weighted by molar-refractivity contribution is 0.0525. The first-order valence-corrected chi connectivity index (χ1v) is 6.74. The Bertz CT molecular complexity index is 627. The maximum Gasteiger partial charge on any atom is 0.339 e. The third-order valence-electron chi connectivity index (χ3n) is 3.10. The highest BCUT2D eigenvalue weighted by molar-refractivity contribution is 5.90. The largest absolute Gasteiger partial charge is 0.462 e. The van der Waals surface area contributed by atoms with Gasteiger partial charge in [-0.25, -0.2) is 4.79 Å². The number of nitrogens with zero attached hydrogens (tertiary/aromatic N) is 1. The van der Waals surface area contributed by atoms with Crippen LogP contribution in [0.2, 0.25) is 0 Å². The fraction of sp³-hybridized carbons (Fsp3) is 0.294. The van der Waals surface area contributed by atoms with Crippen LogP contribution in [-0.4, -0.2) is 17.6 Å². The van der Waals surface area contributed by atoms with Gasteiger partial charge < -0.3 is 4.74 Å². The van der Waals surface area contributed by atoms with Gasteiger partial charge in [-0.2, -0.15) is 0 Å². The zero-order valence-electron chi connectivity index (χ0n) is 12.4. The van der Waals surface area contributed by atoms with E-state index in [0.717, 1.165) is 11.3 Å². The monoisotopic (exact) mass is 269 g/mol. The summed E-state index contributed by atoms with van der Waals surface area (Å²) in [5.41, 5.74) is 5.58. The topological polar surface area (TPSA) is 39.2 Å². The molecule has 0 aliphatic rings. The minimum Gasteiger partial charge on any atom is -0.462 e. The van der Waals surface area contributed by atoms with Crippen molar-refractivity contribution in [3.63, 3.8) is 0 Å². The zero-order valence-corrected chi connectivity index (χ0v) is 12.4. The first-order valence-electron chi connectivity index (χ1n) is 6.74. The molecule has 0 spiro atoms. The summed E-state index contributed by atoms with van der Waals surface area (Å²) in [5.74, 6) is -0.315. The summed E-state index contributed by atoms with van der Waals surface area (Å²) >= 11 is 0. The van der Waals surface area contributed by atoms with Gasteiger partial charge in [0.2, 0.25) is 0 Å². The third-order valence-corrected chi connectivity index (χ3v) is 3.10. The maximum absolute atomic E-state index is 11.8. The number of rotatable bonds is 3. The second kappa shape index (κ2) is 5.87. The van der Waals surface area contributed by atoms with Crippen LogP contribution < -0.4 is 0 Å². The molecule has 3 heteroatoms. The normalized spacial score (nSPS) is 10.4. The maximum atomic E-state index is 11.8. The molecule has 1 aromatic heterocycles. The molecule has 0 amide bonds. The molecular weight excluding hydrogens is 250 g/mol. The predicted molar refractivity (Wildman–Crippen MR) is 79.8 cm³/mol. The predicted octanol–water partition coefficient (Wildman–Crippen LogP) is 3.85. The van der Waals surface area contributed by atoms with E-state index >= 15 is 0 Å². The van der Waals surface area contributed by atoms with Crippen LogP contribution in [0.3, 0.4) is 0 Å². The van der Waals surface area contributed by atoms with E-state index in [4.69, 9.17) is 4.74 Å². The second-order valence-corrected chi connectivity index (χ2v) is 4.93. The second-order valence-electron chi connectivity index (χ2n) is 4.93. The molecule has 20 heavy (non-hydrogen) atoms. The molecule has 3 nitrogen and oxygen atoms in total. The molecular formula is C17H19NO2. The molecule has 0 aliphatic heterocycles. The van der Waals surface area contributed by atoms with E-state index in [9.17, 15) is 4.79 Å². The molecule has 0 aliphatic carbocycles. The van der Waals surface area contributed by atoms with Crippen LogP contribution in [-0.2, 0) is 4.74 Å². The van der Waals surface area contributed by atoms with Gasteiger partial charge >= 0.3 is 5.97 Å². The molecule has 0 saturated heterocycles. The molecule has 104 valence electrons. The smallest absolute Gasteiger partial charge is 0.339 e. The number of ether oxygens (including phenoxy) is 1. The third kappa shape index (κ3) is 3.05. The highest BCUT2D eigenvalue weighted by Crippen LogP contribution is 2.22. The van der Waals surface area contributed by atoms with Crippen LogP contribution in [0.25, 0.3) is 11.3 Å². The van der Waals surface area contributed by atoms with Gasteiger partial charge in [-0.05, 0) is 52.0 Å². The zero-order chi connectivity index (χ0) is 14.7.